The van der Waals surface area contributed by atoms with Crippen LogP contribution in [0.4, 0.5) is 11.4 Å². The van der Waals surface area contributed by atoms with Crippen LogP contribution in [0.25, 0.3) is 0 Å². The lowest BCUT2D eigenvalue weighted by atomic mass is 10.1. The zero-order valence-corrected chi connectivity index (χ0v) is 13.6. The number of amides is 1. The number of fused-ring (bicyclic) bond motifs is 1. The van der Waals surface area contributed by atoms with Crippen molar-refractivity contribution in [1.82, 2.24) is 5.01 Å². The third kappa shape index (κ3) is 2.55. The zero-order chi connectivity index (χ0) is 17.4. The Balaban J connectivity index is 2.11. The normalized spacial score (nSPS) is 19.5. The minimum atomic E-state index is -0.749. The van der Waals surface area contributed by atoms with Gasteiger partial charge in [-0.2, -0.15) is 5.10 Å². The predicted octanol–water partition coefficient (Wildman–Crippen LogP) is 1.90. The molecule has 2 heterocycles. The molecule has 1 amide bonds. The van der Waals surface area contributed by atoms with Crippen molar-refractivity contribution in [2.24, 2.45) is 10.1 Å². The summed E-state index contributed by atoms with van der Waals surface area (Å²) < 4.78 is 4.92. The maximum atomic E-state index is 12.4. The van der Waals surface area contributed by atoms with Crippen molar-refractivity contribution in [2.75, 3.05) is 18.7 Å². The number of anilines is 1. The van der Waals surface area contributed by atoms with Crippen LogP contribution in [-0.2, 0) is 14.3 Å². The van der Waals surface area contributed by atoms with E-state index in [4.69, 9.17) is 16.3 Å². The first-order valence-electron chi connectivity index (χ1n) is 7.05. The first-order valence-corrected chi connectivity index (χ1v) is 7.43. The van der Waals surface area contributed by atoms with Gasteiger partial charge in [0.15, 0.2) is 5.71 Å². The van der Waals surface area contributed by atoms with Gasteiger partial charge in [-0.25, -0.2) is 14.9 Å². The summed E-state index contributed by atoms with van der Waals surface area (Å²) >= 11 is 5.90. The predicted molar refractivity (Wildman–Crippen MR) is 87.7 cm³/mol. The number of hydrazone groups is 1. The molecule has 1 aromatic carbocycles. The second-order valence-electron chi connectivity index (χ2n) is 4.96. The third-order valence-corrected chi connectivity index (χ3v) is 3.67. The average molecular weight is 349 g/mol. The van der Waals surface area contributed by atoms with E-state index in [1.807, 2.05) is 0 Å². The molecule has 0 radical (unpaired) electrons. The molecule has 0 saturated carbocycles. The number of allylic oxidation sites excluding steroid dienone is 1. The molecule has 2 aliphatic heterocycles. The molecule has 124 valence electrons. The summed E-state index contributed by atoms with van der Waals surface area (Å²) in [5.41, 5.74) is 0.536. The van der Waals surface area contributed by atoms with Crippen LogP contribution in [0.5, 0.6) is 0 Å². The number of benzene rings is 1. The van der Waals surface area contributed by atoms with E-state index in [-0.39, 0.29) is 23.6 Å². The highest BCUT2D eigenvalue weighted by Crippen LogP contribution is 2.36. The maximum absolute atomic E-state index is 12.4. The molecule has 24 heavy (non-hydrogen) atoms. The van der Waals surface area contributed by atoms with Gasteiger partial charge in [0.1, 0.15) is 11.3 Å². The molecule has 0 saturated heterocycles. The summed E-state index contributed by atoms with van der Waals surface area (Å²) in [5.74, 6) is -1.29. The van der Waals surface area contributed by atoms with E-state index in [1.165, 1.54) is 13.3 Å². The Kier molecular flexibility index (Phi) is 4.08. The molecule has 0 aliphatic carbocycles. The average Bonchev–Trinajstić information content (AvgIpc) is 2.84. The molecule has 0 spiro atoms. The molecular formula is C15H13ClN4O4. The number of nitrogens with zero attached hydrogens (tertiary/aromatic N) is 4. The van der Waals surface area contributed by atoms with Gasteiger partial charge >= 0.3 is 5.97 Å². The van der Waals surface area contributed by atoms with Gasteiger partial charge in [-0.1, -0.05) is 11.6 Å². The number of hydrogen-bond acceptors (Lipinski definition) is 7. The van der Waals surface area contributed by atoms with Crippen LogP contribution in [0.2, 0.25) is 5.02 Å². The molecular weight excluding hydrogens is 336 g/mol. The number of esters is 1. The van der Waals surface area contributed by atoms with E-state index >= 15 is 0 Å². The summed E-state index contributed by atoms with van der Waals surface area (Å²) in [5, 5.41) is 16.6. The summed E-state index contributed by atoms with van der Waals surface area (Å²) in [6, 6.07) is 4.70. The van der Waals surface area contributed by atoms with Gasteiger partial charge in [0.25, 0.3) is 5.91 Å². The standard InChI is InChI=1S/C15H13ClN4O4/c1-3-24-15(22)13-12(14(21)19(2)18-13)11-7-17-9-6-8(16)4-5-10(9)20(11)23/h4-7,23H,3H2,1-2H3/b12-11-. The van der Waals surface area contributed by atoms with E-state index in [2.05, 4.69) is 10.1 Å². The molecule has 1 N–H and O–H groups in total. The van der Waals surface area contributed by atoms with Crippen molar-refractivity contribution in [2.45, 2.75) is 6.92 Å². The van der Waals surface area contributed by atoms with E-state index in [0.717, 1.165) is 10.1 Å². The summed E-state index contributed by atoms with van der Waals surface area (Å²) in [6.07, 6.45) is 1.28. The molecule has 0 fully saturated rings. The third-order valence-electron chi connectivity index (χ3n) is 3.44. The van der Waals surface area contributed by atoms with Gasteiger partial charge in [-0.15, -0.1) is 0 Å². The number of hydrogen-bond donors (Lipinski definition) is 1. The van der Waals surface area contributed by atoms with Crippen molar-refractivity contribution >= 4 is 46.8 Å². The Morgan fingerprint density at radius 3 is 2.88 bits per heavy atom. The van der Waals surface area contributed by atoms with Crippen molar-refractivity contribution in [3.8, 4) is 0 Å². The smallest absolute Gasteiger partial charge is 0.359 e. The highest BCUT2D eigenvalue weighted by Gasteiger charge is 2.38. The second-order valence-corrected chi connectivity index (χ2v) is 5.40. The molecule has 8 nitrogen and oxygen atoms in total. The lowest BCUT2D eigenvalue weighted by Gasteiger charge is -2.24. The summed E-state index contributed by atoms with van der Waals surface area (Å²) in [4.78, 5) is 28.6. The van der Waals surface area contributed by atoms with Gasteiger partial charge in [0.2, 0.25) is 0 Å². The number of halogens is 1. The zero-order valence-electron chi connectivity index (χ0n) is 12.9. The SMILES string of the molecule is CCOC(=O)C1=NN(C)C(=O)/C1=C1/C=Nc2cc(Cl)ccc2N1O. The number of carbonyl (C=O) groups is 2. The minimum Gasteiger partial charge on any atom is -0.461 e. The number of aliphatic imine (C=N–C) groups is 1. The van der Waals surface area contributed by atoms with Crippen LogP contribution in [0.15, 0.2) is 39.6 Å². The largest absolute Gasteiger partial charge is 0.461 e. The Morgan fingerprint density at radius 1 is 1.42 bits per heavy atom. The molecule has 2 aliphatic rings. The lowest BCUT2D eigenvalue weighted by Crippen LogP contribution is -2.30. The first-order chi connectivity index (χ1) is 11.4. The van der Waals surface area contributed by atoms with Crippen LogP contribution >= 0.6 is 11.6 Å². The van der Waals surface area contributed by atoms with Crippen LogP contribution in [0.1, 0.15) is 6.92 Å². The minimum absolute atomic E-state index is 0.0333. The molecule has 9 heteroatoms. The van der Waals surface area contributed by atoms with Crippen LogP contribution in [0.3, 0.4) is 0 Å². The second kappa shape index (κ2) is 6.06. The Bertz CT molecular complexity index is 831. The van der Waals surface area contributed by atoms with E-state index in [1.54, 1.807) is 25.1 Å². The van der Waals surface area contributed by atoms with Gasteiger partial charge in [0, 0.05) is 12.1 Å². The lowest BCUT2D eigenvalue weighted by molar-refractivity contribution is -0.135. The van der Waals surface area contributed by atoms with Gasteiger partial charge < -0.3 is 4.74 Å². The fourth-order valence-electron chi connectivity index (χ4n) is 2.35. The quantitative estimate of drug-likeness (QED) is 0.650. The van der Waals surface area contributed by atoms with Crippen LogP contribution in [0, 0.1) is 0 Å². The fourth-order valence-corrected chi connectivity index (χ4v) is 2.51. The molecule has 0 unspecified atom stereocenters. The Labute approximate surface area is 142 Å². The summed E-state index contributed by atoms with van der Waals surface area (Å²) in [6.45, 7) is 1.78. The highest BCUT2D eigenvalue weighted by atomic mass is 35.5. The number of ether oxygens (including phenoxy) is 1. The van der Waals surface area contributed by atoms with Crippen molar-refractivity contribution in [3.05, 3.63) is 34.5 Å². The van der Waals surface area contributed by atoms with Gasteiger partial charge in [-0.3, -0.25) is 15.0 Å². The number of carbonyl (C=O) groups excluding carboxylic acids is 2. The van der Waals surface area contributed by atoms with E-state index < -0.39 is 11.9 Å². The van der Waals surface area contributed by atoms with Gasteiger partial charge in [-0.05, 0) is 25.1 Å². The Hall–Kier alpha value is -2.71. The monoisotopic (exact) mass is 348 g/mol. The van der Waals surface area contributed by atoms with Crippen molar-refractivity contribution in [1.29, 1.82) is 0 Å². The molecule has 0 atom stereocenters. The molecule has 0 aromatic heterocycles. The molecule has 0 bridgehead atoms. The molecule has 3 rings (SSSR count). The summed E-state index contributed by atoms with van der Waals surface area (Å²) in [7, 11) is 1.41. The number of likely N-dealkylation sites (N-methyl/N-ethyl adjacent to an activating group) is 1. The highest BCUT2D eigenvalue weighted by molar-refractivity contribution is 6.52. The fraction of sp³-hybridized carbons (Fsp3) is 0.200. The number of rotatable bonds is 2. The van der Waals surface area contributed by atoms with E-state index in [0.29, 0.717) is 16.4 Å². The van der Waals surface area contributed by atoms with Crippen molar-refractivity contribution < 1.29 is 19.5 Å². The number of hydroxylamine groups is 1. The molecule has 1 aromatic rings. The maximum Gasteiger partial charge on any atom is 0.359 e. The van der Waals surface area contributed by atoms with Crippen LogP contribution in [-0.4, -0.2) is 47.7 Å². The van der Waals surface area contributed by atoms with E-state index in [9.17, 15) is 14.8 Å². The first kappa shape index (κ1) is 16.2. The topological polar surface area (TPSA) is 94.8 Å². The Morgan fingerprint density at radius 2 is 2.17 bits per heavy atom. The van der Waals surface area contributed by atoms with Gasteiger partial charge in [0.05, 0.1) is 24.2 Å². The van der Waals surface area contributed by atoms with Crippen LogP contribution < -0.4 is 5.06 Å². The van der Waals surface area contributed by atoms with Crippen molar-refractivity contribution in [3.63, 3.8) is 0 Å².